The van der Waals surface area contributed by atoms with Crippen LogP contribution in [0.15, 0.2) is 51.8 Å². The van der Waals surface area contributed by atoms with Gasteiger partial charge in [-0.1, -0.05) is 0 Å². The van der Waals surface area contributed by atoms with Gasteiger partial charge in [-0.05, 0) is 84.5 Å². The zero-order chi connectivity index (χ0) is 22.5. The fraction of sp³-hybridized carbons (Fsp3) is 0.211. The number of carbonyl (C=O) groups is 2. The fourth-order valence-corrected chi connectivity index (χ4v) is 3.97. The van der Waals surface area contributed by atoms with Crippen LogP contribution < -0.4 is 20.1 Å². The van der Waals surface area contributed by atoms with Gasteiger partial charge in [-0.2, -0.15) is 0 Å². The van der Waals surface area contributed by atoms with Gasteiger partial charge < -0.3 is 10.1 Å². The number of carbonyl (C=O) groups excluding carboxylic acids is 2. The first-order chi connectivity index (χ1) is 14.0. The van der Waals surface area contributed by atoms with Gasteiger partial charge in [-0.3, -0.25) is 14.9 Å². The highest BCUT2D eigenvalue weighted by Gasteiger charge is 2.15. The monoisotopic (exact) mass is 513 g/mol. The molecular formula is C19H20BrN3O5S2. The van der Waals surface area contributed by atoms with Crippen molar-refractivity contribution in [2.45, 2.75) is 31.8 Å². The molecule has 8 nitrogen and oxygen atoms in total. The number of nitrogens with one attached hydrogen (secondary N) is 3. The number of thiocarbonyl (C=S) groups is 1. The molecule has 2 amide bonds. The summed E-state index contributed by atoms with van der Waals surface area (Å²) in [5, 5.41) is 5.38. The van der Waals surface area contributed by atoms with E-state index in [0.29, 0.717) is 21.5 Å². The van der Waals surface area contributed by atoms with E-state index in [0.717, 1.165) is 6.92 Å². The van der Waals surface area contributed by atoms with Crippen LogP contribution in [0.4, 0.5) is 5.69 Å². The molecule has 0 unspecified atom stereocenters. The summed E-state index contributed by atoms with van der Waals surface area (Å²) in [5.74, 6) is -0.484. The third-order valence-corrected chi connectivity index (χ3v) is 5.76. The minimum absolute atomic E-state index is 0.00243. The maximum absolute atomic E-state index is 12.4. The van der Waals surface area contributed by atoms with Gasteiger partial charge in [0.1, 0.15) is 5.75 Å². The summed E-state index contributed by atoms with van der Waals surface area (Å²) in [5.41, 5.74) is 0.836. The van der Waals surface area contributed by atoms with Gasteiger partial charge in [0.25, 0.3) is 15.9 Å². The lowest BCUT2D eigenvalue weighted by atomic mass is 10.2. The Kier molecular flexibility index (Phi) is 7.93. The summed E-state index contributed by atoms with van der Waals surface area (Å²) in [6.07, 6.45) is -0.00243. The Hall–Kier alpha value is -2.50. The van der Waals surface area contributed by atoms with Crippen LogP contribution in [0.1, 0.15) is 31.1 Å². The Morgan fingerprint density at radius 2 is 1.73 bits per heavy atom. The largest absolute Gasteiger partial charge is 0.490 e. The first-order valence-electron chi connectivity index (χ1n) is 8.70. The SMILES string of the molecule is CC(=O)NS(=O)(=O)c1ccc(NC(=S)NC(=O)c2ccc(OC(C)C)c(Br)c2)cc1. The van der Waals surface area contributed by atoms with E-state index in [4.69, 9.17) is 17.0 Å². The molecule has 0 aliphatic carbocycles. The number of rotatable bonds is 6. The molecule has 11 heteroatoms. The summed E-state index contributed by atoms with van der Waals surface area (Å²) in [7, 11) is -3.92. The van der Waals surface area contributed by atoms with E-state index in [1.54, 1.807) is 18.2 Å². The average molecular weight is 514 g/mol. The highest BCUT2D eigenvalue weighted by Crippen LogP contribution is 2.27. The van der Waals surface area contributed by atoms with Gasteiger partial charge in [0.2, 0.25) is 5.91 Å². The van der Waals surface area contributed by atoms with Crippen LogP contribution in [0.2, 0.25) is 0 Å². The van der Waals surface area contributed by atoms with Crippen LogP contribution in [0.25, 0.3) is 0 Å². The maximum atomic E-state index is 12.4. The standard InChI is InChI=1S/C19H20BrN3O5S2/c1-11(2)28-17-9-4-13(10-16(17)20)18(25)22-19(29)21-14-5-7-15(8-6-14)30(26,27)23-12(3)24/h4-11H,1-3H3,(H,23,24)(H2,21,22,25,29). The molecule has 0 heterocycles. The minimum Gasteiger partial charge on any atom is -0.490 e. The van der Waals surface area contributed by atoms with Crippen LogP contribution in [-0.4, -0.2) is 31.4 Å². The molecule has 2 rings (SSSR count). The van der Waals surface area contributed by atoms with Gasteiger partial charge in [0.15, 0.2) is 5.11 Å². The molecule has 2 aromatic rings. The van der Waals surface area contributed by atoms with Crippen molar-refractivity contribution in [3.05, 3.63) is 52.5 Å². The number of sulfonamides is 1. The molecule has 0 spiro atoms. The van der Waals surface area contributed by atoms with Gasteiger partial charge in [-0.15, -0.1) is 0 Å². The van der Waals surface area contributed by atoms with E-state index >= 15 is 0 Å². The lowest BCUT2D eigenvalue weighted by Gasteiger charge is -2.13. The molecule has 0 aliphatic rings. The van der Waals surface area contributed by atoms with Crippen LogP contribution in [-0.2, 0) is 14.8 Å². The van der Waals surface area contributed by atoms with E-state index in [9.17, 15) is 18.0 Å². The van der Waals surface area contributed by atoms with Crippen molar-refractivity contribution in [3.8, 4) is 5.75 Å². The Morgan fingerprint density at radius 1 is 1.10 bits per heavy atom. The molecule has 0 aliphatic heterocycles. The van der Waals surface area contributed by atoms with E-state index < -0.39 is 21.8 Å². The average Bonchev–Trinajstić information content (AvgIpc) is 2.62. The molecule has 30 heavy (non-hydrogen) atoms. The lowest BCUT2D eigenvalue weighted by molar-refractivity contribution is -0.117. The predicted octanol–water partition coefficient (Wildman–Crippen LogP) is 3.19. The quantitative estimate of drug-likeness (QED) is 0.508. The molecule has 0 radical (unpaired) electrons. The molecule has 3 N–H and O–H groups in total. The first kappa shape index (κ1) is 23.8. The molecule has 2 aromatic carbocycles. The zero-order valence-corrected chi connectivity index (χ0v) is 19.6. The topological polar surface area (TPSA) is 114 Å². The van der Waals surface area contributed by atoms with Crippen LogP contribution >= 0.6 is 28.1 Å². The van der Waals surface area contributed by atoms with Gasteiger partial charge in [0.05, 0.1) is 15.5 Å². The van der Waals surface area contributed by atoms with Gasteiger partial charge in [-0.25, -0.2) is 13.1 Å². The van der Waals surface area contributed by atoms with E-state index in [-0.39, 0.29) is 16.1 Å². The second-order valence-electron chi connectivity index (χ2n) is 6.41. The van der Waals surface area contributed by atoms with Gasteiger partial charge >= 0.3 is 0 Å². The molecule has 0 fully saturated rings. The van der Waals surface area contributed by atoms with Crippen LogP contribution in [0.5, 0.6) is 5.75 Å². The summed E-state index contributed by atoms with van der Waals surface area (Å²) >= 11 is 8.51. The second-order valence-corrected chi connectivity index (χ2v) is 9.35. The summed E-state index contributed by atoms with van der Waals surface area (Å²) in [6, 6.07) is 10.5. The van der Waals surface area contributed by atoms with Crippen molar-refractivity contribution in [1.82, 2.24) is 10.0 Å². The van der Waals surface area contributed by atoms with Crippen LogP contribution in [0.3, 0.4) is 0 Å². The maximum Gasteiger partial charge on any atom is 0.264 e. The molecular weight excluding hydrogens is 494 g/mol. The Labute approximate surface area is 188 Å². The normalized spacial score (nSPS) is 11.0. The fourth-order valence-electron chi connectivity index (χ4n) is 2.29. The minimum atomic E-state index is -3.92. The number of hydrogen-bond acceptors (Lipinski definition) is 6. The van der Waals surface area contributed by atoms with Crippen molar-refractivity contribution < 1.29 is 22.7 Å². The molecule has 0 saturated carbocycles. The highest BCUT2D eigenvalue weighted by atomic mass is 79.9. The summed E-state index contributed by atoms with van der Waals surface area (Å²) < 4.78 is 32.0. The Balaban J connectivity index is 2.01. The van der Waals surface area contributed by atoms with Crippen molar-refractivity contribution in [2.24, 2.45) is 0 Å². The smallest absolute Gasteiger partial charge is 0.264 e. The van der Waals surface area contributed by atoms with Crippen molar-refractivity contribution in [1.29, 1.82) is 0 Å². The molecule has 0 saturated heterocycles. The zero-order valence-electron chi connectivity index (χ0n) is 16.4. The first-order valence-corrected chi connectivity index (χ1v) is 11.4. The van der Waals surface area contributed by atoms with E-state index in [1.807, 2.05) is 18.6 Å². The van der Waals surface area contributed by atoms with E-state index in [1.165, 1.54) is 24.3 Å². The molecule has 0 aromatic heterocycles. The number of halogens is 1. The predicted molar refractivity (Wildman–Crippen MR) is 121 cm³/mol. The Bertz CT molecular complexity index is 1070. The second kappa shape index (κ2) is 10.0. The number of hydrogen-bond donors (Lipinski definition) is 3. The third-order valence-electron chi connectivity index (χ3n) is 3.48. The van der Waals surface area contributed by atoms with Crippen molar-refractivity contribution in [2.75, 3.05) is 5.32 Å². The number of ether oxygens (including phenoxy) is 1. The number of amides is 2. The van der Waals surface area contributed by atoms with E-state index in [2.05, 4.69) is 26.6 Å². The number of anilines is 1. The molecule has 0 atom stereocenters. The molecule has 0 bridgehead atoms. The Morgan fingerprint density at radius 3 is 2.27 bits per heavy atom. The van der Waals surface area contributed by atoms with Crippen LogP contribution in [0, 0.1) is 0 Å². The van der Waals surface area contributed by atoms with Gasteiger partial charge in [0, 0.05) is 18.2 Å². The highest BCUT2D eigenvalue weighted by molar-refractivity contribution is 9.10. The summed E-state index contributed by atoms with van der Waals surface area (Å²) in [6.45, 7) is 4.91. The lowest BCUT2D eigenvalue weighted by Crippen LogP contribution is -2.34. The van der Waals surface area contributed by atoms with Crippen molar-refractivity contribution in [3.63, 3.8) is 0 Å². The molecule has 160 valence electrons. The summed E-state index contributed by atoms with van der Waals surface area (Å²) in [4.78, 5) is 23.3. The van der Waals surface area contributed by atoms with Crippen molar-refractivity contribution >= 4 is 60.8 Å². The third kappa shape index (κ3) is 6.78. The number of benzene rings is 2.